The van der Waals surface area contributed by atoms with E-state index in [0.717, 1.165) is 0 Å². The summed E-state index contributed by atoms with van der Waals surface area (Å²) < 4.78 is 60.9. The quantitative estimate of drug-likeness (QED) is 0.588. The van der Waals surface area contributed by atoms with Crippen LogP contribution in [-0.4, -0.2) is 31.2 Å². The van der Waals surface area contributed by atoms with Crippen molar-refractivity contribution in [2.75, 3.05) is 0 Å². The SMILES string of the molecule is O=S(=O)(OC1CCCCC1O)C(F)(F)F. The topological polar surface area (TPSA) is 63.6 Å². The first kappa shape index (κ1) is 12.7. The average Bonchev–Trinajstić information content (AvgIpc) is 2.06. The van der Waals surface area contributed by atoms with E-state index < -0.39 is 27.8 Å². The molecule has 1 aliphatic rings. The highest BCUT2D eigenvalue weighted by molar-refractivity contribution is 7.87. The molecule has 2 unspecified atom stereocenters. The van der Waals surface area contributed by atoms with Crippen molar-refractivity contribution < 1.29 is 30.9 Å². The Morgan fingerprint density at radius 2 is 1.73 bits per heavy atom. The molecule has 8 heteroatoms. The molecule has 0 radical (unpaired) electrons. The Kier molecular flexibility index (Phi) is 3.62. The molecule has 1 aliphatic carbocycles. The van der Waals surface area contributed by atoms with Gasteiger partial charge in [-0.2, -0.15) is 21.6 Å². The minimum Gasteiger partial charge on any atom is -0.390 e. The van der Waals surface area contributed by atoms with Crippen molar-refractivity contribution in [3.8, 4) is 0 Å². The van der Waals surface area contributed by atoms with Crippen LogP contribution in [0, 0.1) is 0 Å². The molecule has 0 saturated heterocycles. The second-order valence-electron chi connectivity index (χ2n) is 3.39. The number of hydrogen-bond donors (Lipinski definition) is 1. The highest BCUT2D eigenvalue weighted by atomic mass is 32.2. The van der Waals surface area contributed by atoms with Crippen molar-refractivity contribution in [1.82, 2.24) is 0 Å². The second kappa shape index (κ2) is 4.26. The molecule has 0 spiro atoms. The van der Waals surface area contributed by atoms with Gasteiger partial charge in [0.15, 0.2) is 0 Å². The van der Waals surface area contributed by atoms with Gasteiger partial charge in [0.2, 0.25) is 0 Å². The molecular formula is C7H11F3O4S. The predicted octanol–water partition coefficient (Wildman–Crippen LogP) is 1.16. The van der Waals surface area contributed by atoms with Crippen LogP contribution < -0.4 is 0 Å². The van der Waals surface area contributed by atoms with Crippen LogP contribution in [0.2, 0.25) is 0 Å². The molecule has 0 heterocycles. The lowest BCUT2D eigenvalue weighted by atomic mass is 9.95. The molecule has 0 aromatic carbocycles. The first-order valence-corrected chi connectivity index (χ1v) is 5.82. The summed E-state index contributed by atoms with van der Waals surface area (Å²) in [7, 11) is -5.59. The van der Waals surface area contributed by atoms with Crippen molar-refractivity contribution in [2.45, 2.75) is 43.4 Å². The van der Waals surface area contributed by atoms with Gasteiger partial charge in [-0.25, -0.2) is 0 Å². The molecule has 1 rings (SSSR count). The molecule has 0 aromatic heterocycles. The summed E-state index contributed by atoms with van der Waals surface area (Å²) in [5.41, 5.74) is -5.43. The average molecular weight is 248 g/mol. The van der Waals surface area contributed by atoms with Crippen LogP contribution in [0.1, 0.15) is 25.7 Å². The first-order chi connectivity index (χ1) is 6.74. The van der Waals surface area contributed by atoms with Gasteiger partial charge in [-0.15, -0.1) is 0 Å². The van der Waals surface area contributed by atoms with Crippen molar-refractivity contribution in [3.05, 3.63) is 0 Å². The number of aliphatic hydroxyl groups excluding tert-OH is 1. The van der Waals surface area contributed by atoms with E-state index in [1.165, 1.54) is 0 Å². The van der Waals surface area contributed by atoms with E-state index in [-0.39, 0.29) is 12.8 Å². The summed E-state index contributed by atoms with van der Waals surface area (Å²) in [5.74, 6) is 0. The van der Waals surface area contributed by atoms with Gasteiger partial charge in [-0.1, -0.05) is 12.8 Å². The molecule has 1 saturated carbocycles. The van der Waals surface area contributed by atoms with Crippen LogP contribution in [0.15, 0.2) is 0 Å². The standard InChI is InChI=1S/C7H11F3O4S/c8-7(9,10)15(12,13)14-6-4-2-1-3-5(6)11/h5-6,11H,1-4H2. The number of hydrogen-bond acceptors (Lipinski definition) is 4. The number of alkyl halides is 3. The number of aliphatic hydroxyl groups is 1. The van der Waals surface area contributed by atoms with E-state index in [2.05, 4.69) is 4.18 Å². The Balaban J connectivity index is 2.69. The Bertz CT molecular complexity index is 311. The van der Waals surface area contributed by atoms with E-state index in [0.29, 0.717) is 12.8 Å². The zero-order valence-corrected chi connectivity index (χ0v) is 8.51. The summed E-state index contributed by atoms with van der Waals surface area (Å²) in [6.07, 6.45) is -0.822. The Labute approximate surface area is 85.2 Å². The number of rotatable bonds is 2. The van der Waals surface area contributed by atoms with Gasteiger partial charge < -0.3 is 5.11 Å². The van der Waals surface area contributed by atoms with E-state index in [1.807, 2.05) is 0 Å². The van der Waals surface area contributed by atoms with Gasteiger partial charge in [-0.05, 0) is 12.8 Å². The van der Waals surface area contributed by atoms with E-state index in [4.69, 9.17) is 0 Å². The zero-order chi connectivity index (χ0) is 11.7. The monoisotopic (exact) mass is 248 g/mol. The van der Waals surface area contributed by atoms with Crippen LogP contribution in [0.5, 0.6) is 0 Å². The Hall–Kier alpha value is -0.340. The lowest BCUT2D eigenvalue weighted by Gasteiger charge is -2.26. The molecule has 4 nitrogen and oxygen atoms in total. The third-order valence-electron chi connectivity index (χ3n) is 2.20. The molecule has 1 N–H and O–H groups in total. The van der Waals surface area contributed by atoms with Crippen molar-refractivity contribution >= 4 is 10.1 Å². The van der Waals surface area contributed by atoms with Crippen molar-refractivity contribution in [2.24, 2.45) is 0 Å². The van der Waals surface area contributed by atoms with Gasteiger partial charge in [0.05, 0.1) is 6.10 Å². The highest BCUT2D eigenvalue weighted by Gasteiger charge is 2.49. The highest BCUT2D eigenvalue weighted by Crippen LogP contribution is 2.30. The minimum atomic E-state index is -5.59. The Morgan fingerprint density at radius 3 is 2.20 bits per heavy atom. The summed E-state index contributed by atoms with van der Waals surface area (Å²) in [5, 5.41) is 9.24. The van der Waals surface area contributed by atoms with Gasteiger partial charge in [0.25, 0.3) is 0 Å². The van der Waals surface area contributed by atoms with E-state index in [9.17, 15) is 26.7 Å². The molecule has 0 aromatic rings. The molecule has 2 atom stereocenters. The maximum Gasteiger partial charge on any atom is 0.523 e. The predicted molar refractivity (Wildman–Crippen MR) is 44.3 cm³/mol. The van der Waals surface area contributed by atoms with Crippen LogP contribution in [0.25, 0.3) is 0 Å². The molecule has 1 fully saturated rings. The molecular weight excluding hydrogens is 237 g/mol. The maximum absolute atomic E-state index is 11.9. The van der Waals surface area contributed by atoms with Crippen LogP contribution in [0.3, 0.4) is 0 Å². The normalized spacial score (nSPS) is 29.1. The van der Waals surface area contributed by atoms with Gasteiger partial charge in [0, 0.05) is 0 Å². The lowest BCUT2D eigenvalue weighted by molar-refractivity contribution is -0.0669. The second-order valence-corrected chi connectivity index (χ2v) is 4.95. The fourth-order valence-corrected chi connectivity index (χ4v) is 2.07. The van der Waals surface area contributed by atoms with Gasteiger partial charge in [0.1, 0.15) is 6.10 Å². The maximum atomic E-state index is 11.9. The Morgan fingerprint density at radius 1 is 1.20 bits per heavy atom. The first-order valence-electron chi connectivity index (χ1n) is 4.41. The summed E-state index contributed by atoms with van der Waals surface area (Å²) in [6, 6.07) is 0. The lowest BCUT2D eigenvalue weighted by Crippen LogP contribution is -2.38. The van der Waals surface area contributed by atoms with E-state index >= 15 is 0 Å². The fourth-order valence-electron chi connectivity index (χ4n) is 1.41. The fraction of sp³-hybridized carbons (Fsp3) is 1.00. The third-order valence-corrected chi connectivity index (χ3v) is 3.27. The van der Waals surface area contributed by atoms with Crippen molar-refractivity contribution in [3.63, 3.8) is 0 Å². The molecule has 90 valence electrons. The number of halogens is 3. The third kappa shape index (κ3) is 3.05. The van der Waals surface area contributed by atoms with Crippen LogP contribution >= 0.6 is 0 Å². The van der Waals surface area contributed by atoms with E-state index in [1.54, 1.807) is 0 Å². The van der Waals surface area contributed by atoms with Crippen LogP contribution in [-0.2, 0) is 14.3 Å². The molecule has 0 aliphatic heterocycles. The van der Waals surface area contributed by atoms with Crippen LogP contribution in [0.4, 0.5) is 13.2 Å². The van der Waals surface area contributed by atoms with Gasteiger partial charge in [-0.3, -0.25) is 4.18 Å². The molecule has 0 amide bonds. The summed E-state index contributed by atoms with van der Waals surface area (Å²) in [6.45, 7) is 0. The zero-order valence-electron chi connectivity index (χ0n) is 7.70. The smallest absolute Gasteiger partial charge is 0.390 e. The van der Waals surface area contributed by atoms with Gasteiger partial charge >= 0.3 is 15.6 Å². The minimum absolute atomic E-state index is 0.122. The summed E-state index contributed by atoms with van der Waals surface area (Å²) >= 11 is 0. The molecule has 15 heavy (non-hydrogen) atoms. The van der Waals surface area contributed by atoms with Crippen molar-refractivity contribution in [1.29, 1.82) is 0 Å². The largest absolute Gasteiger partial charge is 0.523 e. The molecule has 0 bridgehead atoms. The summed E-state index contributed by atoms with van der Waals surface area (Å²) in [4.78, 5) is 0.